The number of aromatic nitrogens is 1. The van der Waals surface area contributed by atoms with Gasteiger partial charge in [0.2, 0.25) is 5.13 Å². The van der Waals surface area contributed by atoms with Crippen molar-refractivity contribution >= 4 is 60.6 Å². The van der Waals surface area contributed by atoms with Gasteiger partial charge in [0.05, 0.1) is 32.6 Å². The molecule has 1 fully saturated rings. The smallest absolute Gasteiger partial charge is 0.230 e. The molecule has 2 aromatic heterocycles. The highest BCUT2D eigenvalue weighted by molar-refractivity contribution is 7.19. The number of aryl methyl sites for hydroxylation is 2. The Kier molecular flexibility index (Phi) is 8.11. The van der Waals surface area contributed by atoms with Crippen molar-refractivity contribution in [1.82, 2.24) is 4.98 Å². The molecule has 10 heteroatoms. The predicted octanol–water partition coefficient (Wildman–Crippen LogP) is 11.3. The average Bonchev–Trinajstić information content (AvgIpc) is 3.78. The van der Waals surface area contributed by atoms with Crippen LogP contribution in [-0.2, 0) is 0 Å². The number of rotatable bonds is 8. The molecule has 3 heterocycles. The van der Waals surface area contributed by atoms with Crippen molar-refractivity contribution < 1.29 is 0 Å². The van der Waals surface area contributed by atoms with Gasteiger partial charge in [0.1, 0.15) is 5.00 Å². The fraction of sp³-hybridized carbons (Fsp3) is 0.194. The highest BCUT2D eigenvalue weighted by Gasteiger charge is 2.14. The first kappa shape index (κ1) is 26.8. The second-order valence-electron chi connectivity index (χ2n) is 9.72. The maximum Gasteiger partial charge on any atom is 0.230 e. The second kappa shape index (κ2) is 12.4. The molecule has 0 saturated carbocycles. The van der Waals surface area contributed by atoms with Crippen LogP contribution in [0.25, 0.3) is 10.4 Å². The van der Waals surface area contributed by atoms with E-state index in [2.05, 4.69) is 58.8 Å². The van der Waals surface area contributed by atoms with Gasteiger partial charge in [-0.1, -0.05) is 53.0 Å². The molecule has 41 heavy (non-hydrogen) atoms. The number of anilines is 1. The average molecular weight is 577 g/mol. The largest absolute Gasteiger partial charge is 0.363 e. The van der Waals surface area contributed by atoms with Gasteiger partial charge < -0.3 is 4.90 Å². The van der Waals surface area contributed by atoms with Crippen LogP contribution in [0.4, 0.5) is 37.9 Å². The van der Waals surface area contributed by atoms with Crippen LogP contribution in [-0.4, -0.2) is 18.1 Å². The third kappa shape index (κ3) is 6.67. The lowest BCUT2D eigenvalue weighted by atomic mass is 10.2. The van der Waals surface area contributed by atoms with Gasteiger partial charge in [-0.15, -0.1) is 20.5 Å². The lowest BCUT2D eigenvalue weighted by Crippen LogP contribution is -2.15. The lowest BCUT2D eigenvalue weighted by Gasteiger charge is -2.13. The summed E-state index contributed by atoms with van der Waals surface area (Å²) < 4.78 is 0. The van der Waals surface area contributed by atoms with E-state index in [-0.39, 0.29) is 0 Å². The molecule has 0 atom stereocenters. The Balaban J connectivity index is 1.08. The summed E-state index contributed by atoms with van der Waals surface area (Å²) in [5, 5.41) is 29.3. The van der Waals surface area contributed by atoms with Gasteiger partial charge in [-0.3, -0.25) is 0 Å². The number of thiophene rings is 1. The molecule has 0 unspecified atom stereocenters. The van der Waals surface area contributed by atoms with Crippen LogP contribution >= 0.6 is 22.7 Å². The fourth-order valence-corrected chi connectivity index (χ4v) is 6.09. The zero-order valence-corrected chi connectivity index (χ0v) is 24.4. The van der Waals surface area contributed by atoms with Crippen LogP contribution in [0.1, 0.15) is 24.0 Å². The van der Waals surface area contributed by atoms with Gasteiger partial charge in [-0.25, -0.2) is 4.98 Å². The van der Waals surface area contributed by atoms with Crippen LogP contribution < -0.4 is 4.90 Å². The van der Waals surface area contributed by atoms with Crippen molar-refractivity contribution in [1.29, 1.82) is 0 Å². The number of hydrogen-bond donors (Lipinski definition) is 0. The molecule has 5 aromatic rings. The monoisotopic (exact) mass is 576 g/mol. The minimum Gasteiger partial charge on any atom is -0.363 e. The van der Waals surface area contributed by atoms with Gasteiger partial charge >= 0.3 is 0 Å². The molecule has 1 saturated heterocycles. The fourth-order valence-electron chi connectivity index (χ4n) is 4.47. The second-order valence-corrected chi connectivity index (χ2v) is 11.8. The van der Waals surface area contributed by atoms with Crippen molar-refractivity contribution in [3.05, 3.63) is 96.2 Å². The normalized spacial score (nSPS) is 13.9. The quantitative estimate of drug-likeness (QED) is 0.172. The maximum atomic E-state index is 4.47. The van der Waals surface area contributed by atoms with Crippen LogP contribution in [0.3, 0.4) is 0 Å². The molecule has 0 aliphatic carbocycles. The number of hydrogen-bond acceptors (Lipinski definition) is 10. The first-order valence-electron chi connectivity index (χ1n) is 13.4. The SMILES string of the molecule is Cc1cc(/N=N/c2ccc(N3CCCC3)s2)ccc1/N=N/c1ccc(/N=N/c2ncc(-c3ccccc3)s2)c(C)c1. The highest BCUT2D eigenvalue weighted by atomic mass is 32.1. The van der Waals surface area contributed by atoms with Gasteiger partial charge in [-0.05, 0) is 91.9 Å². The molecule has 1 aliphatic rings. The Morgan fingerprint density at radius 3 is 2.00 bits per heavy atom. The predicted molar refractivity (Wildman–Crippen MR) is 168 cm³/mol. The minimum atomic E-state index is 0.618. The van der Waals surface area contributed by atoms with Crippen LogP contribution in [0.5, 0.6) is 0 Å². The zero-order valence-electron chi connectivity index (χ0n) is 22.8. The van der Waals surface area contributed by atoms with E-state index >= 15 is 0 Å². The van der Waals surface area contributed by atoms with E-state index in [1.807, 2.05) is 80.7 Å². The van der Waals surface area contributed by atoms with Crippen molar-refractivity contribution in [3.63, 3.8) is 0 Å². The van der Waals surface area contributed by atoms with E-state index in [0.717, 1.165) is 62.4 Å². The molecule has 0 spiro atoms. The van der Waals surface area contributed by atoms with Crippen LogP contribution in [0, 0.1) is 13.8 Å². The molecule has 0 bridgehead atoms. The molecule has 204 valence electrons. The molecule has 6 rings (SSSR count). The Morgan fingerprint density at radius 2 is 1.32 bits per heavy atom. The van der Waals surface area contributed by atoms with Crippen molar-refractivity contribution in [2.75, 3.05) is 18.0 Å². The molecular weight excluding hydrogens is 549 g/mol. The number of nitrogens with zero attached hydrogens (tertiary/aromatic N) is 8. The molecule has 1 aliphatic heterocycles. The Labute approximate surface area is 246 Å². The van der Waals surface area contributed by atoms with Crippen LogP contribution in [0.2, 0.25) is 0 Å². The summed E-state index contributed by atoms with van der Waals surface area (Å²) in [5.74, 6) is 0. The van der Waals surface area contributed by atoms with Crippen molar-refractivity contribution in [2.45, 2.75) is 26.7 Å². The Bertz CT molecular complexity index is 1730. The van der Waals surface area contributed by atoms with E-state index in [1.165, 1.54) is 29.2 Å². The van der Waals surface area contributed by atoms with Gasteiger partial charge in [0.25, 0.3) is 0 Å². The van der Waals surface area contributed by atoms with E-state index < -0.39 is 0 Å². The topological polar surface area (TPSA) is 90.3 Å². The van der Waals surface area contributed by atoms with Gasteiger partial charge in [0, 0.05) is 19.3 Å². The molecule has 0 radical (unpaired) electrons. The molecule has 0 amide bonds. The van der Waals surface area contributed by atoms with Crippen molar-refractivity contribution in [2.24, 2.45) is 30.7 Å². The summed E-state index contributed by atoms with van der Waals surface area (Å²) in [6, 6.07) is 25.9. The van der Waals surface area contributed by atoms with E-state index in [0.29, 0.717) is 5.13 Å². The molecule has 8 nitrogen and oxygen atoms in total. The summed E-state index contributed by atoms with van der Waals surface area (Å²) in [6.07, 6.45) is 4.36. The first-order chi connectivity index (χ1) is 20.1. The molecule has 3 aromatic carbocycles. The van der Waals surface area contributed by atoms with E-state index in [9.17, 15) is 0 Å². The minimum absolute atomic E-state index is 0.618. The van der Waals surface area contributed by atoms with E-state index in [1.54, 1.807) is 11.3 Å². The van der Waals surface area contributed by atoms with E-state index in [4.69, 9.17) is 0 Å². The van der Waals surface area contributed by atoms with Gasteiger partial charge in [-0.2, -0.15) is 10.2 Å². The summed E-state index contributed by atoms with van der Waals surface area (Å²) >= 11 is 3.19. The molecular formula is C31H28N8S2. The number of benzene rings is 3. The van der Waals surface area contributed by atoms with Gasteiger partial charge in [0.15, 0.2) is 0 Å². The first-order valence-corrected chi connectivity index (χ1v) is 15.1. The maximum absolute atomic E-state index is 4.47. The third-order valence-electron chi connectivity index (χ3n) is 6.69. The number of thiazole rings is 1. The summed E-state index contributed by atoms with van der Waals surface area (Å²) in [7, 11) is 0. The van der Waals surface area contributed by atoms with Crippen LogP contribution in [0.15, 0.2) is 116 Å². The van der Waals surface area contributed by atoms with Crippen molar-refractivity contribution in [3.8, 4) is 10.4 Å². The zero-order chi connectivity index (χ0) is 28.0. The summed E-state index contributed by atoms with van der Waals surface area (Å²) in [4.78, 5) is 7.86. The Hall–Kier alpha value is -4.41. The third-order valence-corrected chi connectivity index (χ3v) is 8.65. The summed E-state index contributed by atoms with van der Waals surface area (Å²) in [5.41, 5.74) is 6.15. The Morgan fingerprint density at radius 1 is 0.659 bits per heavy atom. The standard InChI is InChI=1S/C31H28N8S2/c1-21-19-25(34-37-29-14-15-30(41-29)39-16-6-7-17-39)11-12-26(21)35-33-24-10-13-27(22(2)18-24)36-38-31-32-20-28(40-31)23-8-4-3-5-9-23/h3-5,8-15,18-20H,6-7,16-17H2,1-2H3/b35-33+,37-34+,38-36+. The number of azo groups is 3. The highest BCUT2D eigenvalue weighted by Crippen LogP contribution is 2.36. The summed E-state index contributed by atoms with van der Waals surface area (Å²) in [6.45, 7) is 6.24. The molecule has 0 N–H and O–H groups in total. The lowest BCUT2D eigenvalue weighted by molar-refractivity contribution is 0.949.